The first kappa shape index (κ1) is 30.7. The zero-order valence-electron chi connectivity index (χ0n) is 23.9. The van der Waals surface area contributed by atoms with Crippen LogP contribution in [-0.2, 0) is 32.1 Å². The van der Waals surface area contributed by atoms with Crippen LogP contribution in [0.5, 0.6) is 0 Å². The minimum atomic E-state index is -0.617. The second-order valence-electron chi connectivity index (χ2n) is 10.7. The predicted molar refractivity (Wildman–Crippen MR) is 162 cm³/mol. The van der Waals surface area contributed by atoms with Gasteiger partial charge in [0.15, 0.2) is 0 Å². The van der Waals surface area contributed by atoms with Gasteiger partial charge in [0.05, 0.1) is 24.5 Å². The van der Waals surface area contributed by atoms with Crippen LogP contribution in [0.25, 0.3) is 0 Å². The van der Waals surface area contributed by atoms with Crippen LogP contribution >= 0.6 is 0 Å². The first-order chi connectivity index (χ1) is 20.5. The monoisotopic (exact) mass is 568 g/mol. The minimum Gasteiger partial charge on any atom is -0.463 e. The number of allylic oxidation sites excluding steroid dienone is 2. The van der Waals surface area contributed by atoms with E-state index in [1.165, 1.54) is 0 Å². The summed E-state index contributed by atoms with van der Waals surface area (Å²) < 4.78 is 5.83. The van der Waals surface area contributed by atoms with E-state index in [0.29, 0.717) is 32.2 Å². The molecule has 1 heterocycles. The second kappa shape index (κ2) is 16.3. The molecule has 7 heteroatoms. The predicted octanol–water partition coefficient (Wildman–Crippen LogP) is 5.01. The third kappa shape index (κ3) is 9.42. The molecule has 0 aromatic heterocycles. The van der Waals surface area contributed by atoms with Gasteiger partial charge in [-0.25, -0.2) is 0 Å². The van der Waals surface area contributed by atoms with Crippen LogP contribution in [0.2, 0.25) is 0 Å². The van der Waals surface area contributed by atoms with Gasteiger partial charge in [-0.3, -0.25) is 14.4 Å². The van der Waals surface area contributed by atoms with Crippen LogP contribution in [0.3, 0.4) is 0 Å². The highest BCUT2D eigenvalue weighted by Gasteiger charge is 2.28. The number of esters is 1. The largest absolute Gasteiger partial charge is 0.463 e. The van der Waals surface area contributed by atoms with Crippen molar-refractivity contribution in [2.45, 2.75) is 44.7 Å². The molecule has 3 aromatic rings. The van der Waals surface area contributed by atoms with E-state index in [4.69, 9.17) is 4.74 Å². The molecule has 0 saturated carbocycles. The Bertz CT molecular complexity index is 1300. The lowest BCUT2D eigenvalue weighted by molar-refractivity contribution is -0.150. The van der Waals surface area contributed by atoms with E-state index in [9.17, 15) is 19.5 Å². The van der Waals surface area contributed by atoms with E-state index >= 15 is 0 Å². The summed E-state index contributed by atoms with van der Waals surface area (Å²) in [6.07, 6.45) is 6.16. The Balaban J connectivity index is 1.53. The van der Waals surface area contributed by atoms with Crippen LogP contribution < -0.4 is 5.32 Å². The number of nitrogens with one attached hydrogen (secondary N) is 1. The highest BCUT2D eigenvalue weighted by Crippen LogP contribution is 2.22. The van der Waals surface area contributed by atoms with E-state index in [1.54, 1.807) is 4.90 Å². The zero-order chi connectivity index (χ0) is 29.6. The molecule has 220 valence electrons. The standard InChI is InChI=1S/C35H40N2O5/c38-22-21-37(25-28-15-7-2-8-16-28)33(39)24-30-19-11-4-12-20-31(23-27-13-5-1-6-14-27)35(41)42-26-32(36-34(30)40)29-17-9-3-10-18-29/h1-11,13-18,30-32,38H,12,19-26H2,(H,36,40)/t30-,31-,32+/m1/s1. The van der Waals surface area contributed by atoms with Crippen molar-refractivity contribution in [3.05, 3.63) is 120 Å². The van der Waals surface area contributed by atoms with Gasteiger partial charge < -0.3 is 20.1 Å². The van der Waals surface area contributed by atoms with Gasteiger partial charge >= 0.3 is 5.97 Å². The number of ether oxygens (including phenoxy) is 1. The first-order valence-corrected chi connectivity index (χ1v) is 14.7. The van der Waals surface area contributed by atoms with Crippen molar-refractivity contribution >= 4 is 17.8 Å². The second-order valence-corrected chi connectivity index (χ2v) is 10.7. The smallest absolute Gasteiger partial charge is 0.309 e. The summed E-state index contributed by atoms with van der Waals surface area (Å²) >= 11 is 0. The number of amides is 2. The molecule has 42 heavy (non-hydrogen) atoms. The molecule has 3 aromatic carbocycles. The van der Waals surface area contributed by atoms with Gasteiger partial charge in [0.25, 0.3) is 0 Å². The van der Waals surface area contributed by atoms with E-state index in [1.807, 2.05) is 103 Å². The summed E-state index contributed by atoms with van der Waals surface area (Å²) in [7, 11) is 0. The van der Waals surface area contributed by atoms with Crippen molar-refractivity contribution in [2.24, 2.45) is 11.8 Å². The number of hydrogen-bond donors (Lipinski definition) is 2. The normalized spacial score (nSPS) is 19.9. The van der Waals surface area contributed by atoms with Gasteiger partial charge in [0.2, 0.25) is 11.8 Å². The highest BCUT2D eigenvalue weighted by molar-refractivity contribution is 5.86. The van der Waals surface area contributed by atoms with Gasteiger partial charge in [-0.1, -0.05) is 103 Å². The topological polar surface area (TPSA) is 95.9 Å². The third-order valence-corrected chi connectivity index (χ3v) is 7.57. The van der Waals surface area contributed by atoms with Gasteiger partial charge in [-0.15, -0.1) is 0 Å². The lowest BCUT2D eigenvalue weighted by Gasteiger charge is -2.26. The maximum absolute atomic E-state index is 13.7. The molecule has 0 fully saturated rings. The molecule has 2 amide bonds. The van der Waals surface area contributed by atoms with E-state index in [2.05, 4.69) is 5.32 Å². The Morgan fingerprint density at radius 1 is 0.857 bits per heavy atom. The maximum atomic E-state index is 13.7. The molecule has 1 aliphatic rings. The number of aliphatic hydroxyl groups excluding tert-OH is 1. The van der Waals surface area contributed by atoms with Crippen LogP contribution in [0.15, 0.2) is 103 Å². The van der Waals surface area contributed by atoms with Crippen molar-refractivity contribution < 1.29 is 24.2 Å². The highest BCUT2D eigenvalue weighted by atomic mass is 16.5. The summed E-state index contributed by atoms with van der Waals surface area (Å²) in [6.45, 7) is 0.374. The number of hydrogen-bond acceptors (Lipinski definition) is 5. The van der Waals surface area contributed by atoms with Crippen molar-refractivity contribution in [3.8, 4) is 0 Å². The number of carbonyl (C=O) groups is 3. The number of carbonyl (C=O) groups excluding carboxylic acids is 3. The Morgan fingerprint density at radius 3 is 2.17 bits per heavy atom. The molecule has 3 atom stereocenters. The molecule has 0 saturated heterocycles. The van der Waals surface area contributed by atoms with Crippen LogP contribution in [0.1, 0.15) is 48.4 Å². The quantitative estimate of drug-likeness (QED) is 0.279. The molecule has 0 unspecified atom stereocenters. The molecule has 0 spiro atoms. The van der Waals surface area contributed by atoms with Crippen molar-refractivity contribution in [1.82, 2.24) is 10.2 Å². The molecule has 2 N–H and O–H groups in total. The van der Waals surface area contributed by atoms with E-state index < -0.39 is 12.0 Å². The van der Waals surface area contributed by atoms with Gasteiger partial charge in [0, 0.05) is 19.5 Å². The number of cyclic esters (lactones) is 1. The molecule has 0 bridgehead atoms. The SMILES string of the molecule is O=C1N[C@H](c2ccccc2)COC(=O)[C@@H](Cc2ccccc2)CCC=CC[C@@H]1CC(=O)N(CCO)Cc1ccccc1. The summed E-state index contributed by atoms with van der Waals surface area (Å²) in [5, 5.41) is 12.7. The molecule has 0 aliphatic carbocycles. The maximum Gasteiger partial charge on any atom is 0.309 e. The lowest BCUT2D eigenvalue weighted by Crippen LogP contribution is -2.40. The Labute approximate surface area is 248 Å². The van der Waals surface area contributed by atoms with Crippen LogP contribution in [0, 0.1) is 11.8 Å². The number of nitrogens with zero attached hydrogens (tertiary/aromatic N) is 1. The van der Waals surface area contributed by atoms with Gasteiger partial charge in [-0.2, -0.15) is 0 Å². The number of rotatable bonds is 9. The number of aliphatic hydroxyl groups is 1. The molecule has 4 rings (SSSR count). The molecule has 0 radical (unpaired) electrons. The summed E-state index contributed by atoms with van der Waals surface area (Å²) in [6, 6.07) is 28.4. The fraction of sp³-hybridized carbons (Fsp3) is 0.343. The molecule has 1 aliphatic heterocycles. The van der Waals surface area contributed by atoms with Crippen molar-refractivity contribution in [1.29, 1.82) is 0 Å². The minimum absolute atomic E-state index is 0.000929. The first-order valence-electron chi connectivity index (χ1n) is 14.7. The number of benzene rings is 3. The fourth-order valence-electron chi connectivity index (χ4n) is 5.20. The summed E-state index contributed by atoms with van der Waals surface area (Å²) in [4.78, 5) is 41.9. The molecular formula is C35H40N2O5. The lowest BCUT2D eigenvalue weighted by atomic mass is 9.94. The van der Waals surface area contributed by atoms with Crippen LogP contribution in [0.4, 0.5) is 0 Å². The van der Waals surface area contributed by atoms with Gasteiger partial charge in [0.1, 0.15) is 6.61 Å². The third-order valence-electron chi connectivity index (χ3n) is 7.57. The molecule has 7 nitrogen and oxygen atoms in total. The fourth-order valence-corrected chi connectivity index (χ4v) is 5.20. The summed E-state index contributed by atoms with van der Waals surface area (Å²) in [5.41, 5.74) is 2.84. The van der Waals surface area contributed by atoms with Crippen molar-refractivity contribution in [3.63, 3.8) is 0 Å². The average molecular weight is 569 g/mol. The Morgan fingerprint density at radius 2 is 1.50 bits per heavy atom. The average Bonchev–Trinajstić information content (AvgIpc) is 3.03. The Hall–Kier alpha value is -4.23. The van der Waals surface area contributed by atoms with E-state index in [-0.39, 0.29) is 49.9 Å². The van der Waals surface area contributed by atoms with Gasteiger partial charge in [-0.05, 0) is 42.4 Å². The zero-order valence-corrected chi connectivity index (χ0v) is 23.9. The van der Waals surface area contributed by atoms with Crippen molar-refractivity contribution in [2.75, 3.05) is 19.8 Å². The van der Waals surface area contributed by atoms with E-state index in [0.717, 1.165) is 16.7 Å². The summed E-state index contributed by atoms with van der Waals surface area (Å²) in [5.74, 6) is -1.69. The molecular weight excluding hydrogens is 528 g/mol. The van der Waals surface area contributed by atoms with Crippen LogP contribution in [-0.4, -0.2) is 47.5 Å². The Kier molecular flexibility index (Phi) is 11.9.